The number of hydrogen-bond acceptors (Lipinski definition) is 2. The van der Waals surface area contributed by atoms with Crippen molar-refractivity contribution in [1.29, 1.82) is 0 Å². The first-order valence-electron chi connectivity index (χ1n) is 18.8. The molecule has 256 valence electrons. The first-order valence-corrected chi connectivity index (χ1v) is 19.6. The SMILES string of the molecule is CC(C)(C)c1ccc(-c2ccc3c(c2)C(C)(C)c2cc4c(cc2-3)C(C)(C)c2cc3c(cc2-4)C(C)(C)c2cc(-c4nc5ccccc5s4)ccc2-3)cc1. The van der Waals surface area contributed by atoms with Crippen LogP contribution >= 0.6 is 11.3 Å². The molecule has 0 N–H and O–H groups in total. The van der Waals surface area contributed by atoms with Crippen molar-refractivity contribution in [2.24, 2.45) is 0 Å². The highest BCUT2D eigenvalue weighted by atomic mass is 32.1. The van der Waals surface area contributed by atoms with Gasteiger partial charge in [-0.2, -0.15) is 0 Å². The van der Waals surface area contributed by atoms with Crippen LogP contribution in [0.25, 0.3) is 65.3 Å². The molecule has 3 aliphatic carbocycles. The monoisotopic (exact) mass is 691 g/mol. The Balaban J connectivity index is 1.06. The lowest BCUT2D eigenvalue weighted by molar-refractivity contribution is 0.590. The van der Waals surface area contributed by atoms with E-state index in [0.29, 0.717) is 0 Å². The molecular weight excluding hydrogens is 647 g/mol. The van der Waals surface area contributed by atoms with E-state index in [0.717, 1.165) is 10.5 Å². The molecule has 3 aliphatic rings. The van der Waals surface area contributed by atoms with Gasteiger partial charge >= 0.3 is 0 Å². The summed E-state index contributed by atoms with van der Waals surface area (Å²) in [6.07, 6.45) is 0. The molecule has 0 atom stereocenters. The standard InChI is InChI=1S/C50H45NS/c1-47(2,3)31-18-14-28(15-19-31)29-16-20-32-34-24-42-36(26-40(34)48(4,5)38(32)22-29)37-27-41-35(25-43(37)50(42,8)9)33-21-17-30(23-39(33)49(41,6)7)46-51-44-12-10-11-13-45(44)52-46/h10-27H,1-9H3. The number of benzene rings is 6. The summed E-state index contributed by atoms with van der Waals surface area (Å²) in [5.74, 6) is 0. The second-order valence-electron chi connectivity index (χ2n) is 18.1. The summed E-state index contributed by atoms with van der Waals surface area (Å²) in [6.45, 7) is 21.4. The topological polar surface area (TPSA) is 12.9 Å². The quantitative estimate of drug-likeness (QED) is 0.176. The van der Waals surface area contributed by atoms with Gasteiger partial charge in [-0.25, -0.2) is 4.98 Å². The van der Waals surface area contributed by atoms with Crippen molar-refractivity contribution in [2.75, 3.05) is 0 Å². The van der Waals surface area contributed by atoms with Crippen LogP contribution in [0.15, 0.2) is 109 Å². The summed E-state index contributed by atoms with van der Waals surface area (Å²) in [4.78, 5) is 5.00. The molecule has 10 rings (SSSR count). The first-order chi connectivity index (χ1) is 24.6. The second kappa shape index (κ2) is 10.2. The van der Waals surface area contributed by atoms with E-state index in [4.69, 9.17) is 4.98 Å². The van der Waals surface area contributed by atoms with Gasteiger partial charge in [0.15, 0.2) is 0 Å². The molecule has 1 aromatic heterocycles. The summed E-state index contributed by atoms with van der Waals surface area (Å²) in [6, 6.07) is 42.1. The summed E-state index contributed by atoms with van der Waals surface area (Å²) >= 11 is 1.78. The van der Waals surface area contributed by atoms with E-state index in [-0.39, 0.29) is 21.7 Å². The van der Waals surface area contributed by atoms with Gasteiger partial charge in [0, 0.05) is 21.8 Å². The average Bonchev–Trinajstić information content (AvgIpc) is 3.78. The largest absolute Gasteiger partial charge is 0.236 e. The van der Waals surface area contributed by atoms with Crippen molar-refractivity contribution in [2.45, 2.75) is 84.0 Å². The number of thiazole rings is 1. The lowest BCUT2D eigenvalue weighted by Crippen LogP contribution is -2.17. The number of para-hydroxylation sites is 1. The van der Waals surface area contributed by atoms with Crippen LogP contribution in [-0.4, -0.2) is 4.98 Å². The molecular formula is C50H45NS. The zero-order valence-corrected chi connectivity index (χ0v) is 32.6. The Kier molecular flexibility index (Phi) is 6.26. The number of rotatable bonds is 2. The molecule has 0 radical (unpaired) electrons. The highest BCUT2D eigenvalue weighted by Crippen LogP contribution is 2.59. The minimum atomic E-state index is -0.118. The Labute approximate surface area is 312 Å². The van der Waals surface area contributed by atoms with Crippen molar-refractivity contribution in [3.8, 4) is 55.1 Å². The van der Waals surface area contributed by atoms with Gasteiger partial charge in [0.25, 0.3) is 0 Å². The van der Waals surface area contributed by atoms with Crippen LogP contribution in [0.3, 0.4) is 0 Å². The summed E-state index contributed by atoms with van der Waals surface area (Å²) < 4.78 is 1.24. The van der Waals surface area contributed by atoms with Crippen molar-refractivity contribution in [3.63, 3.8) is 0 Å². The Hall–Kier alpha value is -4.79. The van der Waals surface area contributed by atoms with E-state index in [1.54, 1.807) is 11.3 Å². The van der Waals surface area contributed by atoms with E-state index in [1.165, 1.54) is 93.7 Å². The smallest absolute Gasteiger partial charge is 0.124 e. The number of nitrogens with zero attached hydrogens (tertiary/aromatic N) is 1. The fourth-order valence-electron chi connectivity index (χ4n) is 9.66. The van der Waals surface area contributed by atoms with E-state index in [2.05, 4.69) is 172 Å². The fraction of sp³-hybridized carbons (Fsp3) is 0.260. The number of hydrogen-bond donors (Lipinski definition) is 0. The van der Waals surface area contributed by atoms with Crippen molar-refractivity contribution < 1.29 is 0 Å². The summed E-state index contributed by atoms with van der Waals surface area (Å²) in [7, 11) is 0. The van der Waals surface area contributed by atoms with Gasteiger partial charge in [0.05, 0.1) is 10.2 Å². The van der Waals surface area contributed by atoms with Gasteiger partial charge in [-0.05, 0) is 137 Å². The molecule has 0 fully saturated rings. The van der Waals surface area contributed by atoms with Gasteiger partial charge in [0.2, 0.25) is 0 Å². The van der Waals surface area contributed by atoms with Gasteiger partial charge < -0.3 is 0 Å². The third kappa shape index (κ3) is 4.25. The molecule has 0 amide bonds. The van der Waals surface area contributed by atoms with Crippen LogP contribution in [0.2, 0.25) is 0 Å². The molecule has 0 aliphatic heterocycles. The zero-order valence-electron chi connectivity index (χ0n) is 31.7. The third-order valence-corrected chi connectivity index (χ3v) is 14.0. The van der Waals surface area contributed by atoms with Gasteiger partial charge in [-0.3, -0.25) is 0 Å². The molecule has 0 unspecified atom stereocenters. The normalized spacial score (nSPS) is 16.6. The zero-order chi connectivity index (χ0) is 36.1. The first kappa shape index (κ1) is 31.9. The van der Waals surface area contributed by atoms with Gasteiger partial charge in [-0.1, -0.05) is 123 Å². The van der Waals surface area contributed by atoms with E-state index in [9.17, 15) is 0 Å². The summed E-state index contributed by atoms with van der Waals surface area (Å²) in [5, 5.41) is 1.09. The molecule has 7 aromatic rings. The van der Waals surface area contributed by atoms with Crippen LogP contribution < -0.4 is 0 Å². The van der Waals surface area contributed by atoms with Gasteiger partial charge in [-0.15, -0.1) is 11.3 Å². The molecule has 0 bridgehead atoms. The van der Waals surface area contributed by atoms with Crippen molar-refractivity contribution in [3.05, 3.63) is 148 Å². The molecule has 6 aromatic carbocycles. The third-order valence-electron chi connectivity index (χ3n) is 12.9. The molecule has 2 heteroatoms. The number of aromatic nitrogens is 1. The van der Waals surface area contributed by atoms with Crippen molar-refractivity contribution >= 4 is 21.6 Å². The van der Waals surface area contributed by atoms with E-state index in [1.807, 2.05) is 0 Å². The summed E-state index contributed by atoms with van der Waals surface area (Å²) in [5.41, 5.74) is 23.0. The molecule has 0 saturated heterocycles. The van der Waals surface area contributed by atoms with Crippen LogP contribution in [0.1, 0.15) is 101 Å². The fourth-order valence-corrected chi connectivity index (χ4v) is 10.6. The average molecular weight is 692 g/mol. The maximum absolute atomic E-state index is 5.00. The lowest BCUT2D eigenvalue weighted by atomic mass is 9.78. The van der Waals surface area contributed by atoms with Crippen molar-refractivity contribution in [1.82, 2.24) is 4.98 Å². The van der Waals surface area contributed by atoms with Crippen LogP contribution in [-0.2, 0) is 21.7 Å². The predicted octanol–water partition coefficient (Wildman–Crippen LogP) is 13.8. The second-order valence-corrected chi connectivity index (χ2v) is 19.1. The highest BCUT2D eigenvalue weighted by Gasteiger charge is 2.44. The molecule has 52 heavy (non-hydrogen) atoms. The molecule has 1 heterocycles. The van der Waals surface area contributed by atoms with Crippen LogP contribution in [0, 0.1) is 0 Å². The Bertz CT molecular complexity index is 2640. The predicted molar refractivity (Wildman–Crippen MR) is 222 cm³/mol. The molecule has 0 spiro atoms. The molecule has 0 saturated carbocycles. The Morgan fingerprint density at radius 3 is 1.37 bits per heavy atom. The Morgan fingerprint density at radius 2 is 0.865 bits per heavy atom. The minimum absolute atomic E-state index is 0.1000. The lowest BCUT2D eigenvalue weighted by Gasteiger charge is -2.25. The van der Waals surface area contributed by atoms with E-state index >= 15 is 0 Å². The maximum Gasteiger partial charge on any atom is 0.124 e. The van der Waals surface area contributed by atoms with Crippen LogP contribution in [0.5, 0.6) is 0 Å². The van der Waals surface area contributed by atoms with E-state index < -0.39 is 0 Å². The molecule has 1 nitrogen and oxygen atoms in total. The minimum Gasteiger partial charge on any atom is -0.236 e. The number of fused-ring (bicyclic) bond motifs is 10. The highest BCUT2D eigenvalue weighted by molar-refractivity contribution is 7.21. The van der Waals surface area contributed by atoms with Gasteiger partial charge in [0.1, 0.15) is 5.01 Å². The van der Waals surface area contributed by atoms with Crippen LogP contribution in [0.4, 0.5) is 0 Å². The Morgan fingerprint density at radius 1 is 0.442 bits per heavy atom. The maximum atomic E-state index is 5.00.